The van der Waals surface area contributed by atoms with E-state index in [-0.39, 0.29) is 29.9 Å². The van der Waals surface area contributed by atoms with Gasteiger partial charge < -0.3 is 18.9 Å². The van der Waals surface area contributed by atoms with Crippen molar-refractivity contribution in [1.82, 2.24) is 0 Å². The van der Waals surface area contributed by atoms with Crippen molar-refractivity contribution in [3.63, 3.8) is 0 Å². The maximum Gasteiger partial charge on any atom is 0.311 e. The lowest BCUT2D eigenvalue weighted by atomic mass is 9.76. The Hall–Kier alpha value is -3.38. The summed E-state index contributed by atoms with van der Waals surface area (Å²) in [4.78, 5) is 24.3. The fourth-order valence-electron chi connectivity index (χ4n) is 4.24. The molecule has 0 fully saturated rings. The van der Waals surface area contributed by atoms with Crippen LogP contribution in [0.25, 0.3) is 0 Å². The van der Waals surface area contributed by atoms with Gasteiger partial charge in [-0.1, -0.05) is 81.4 Å². The van der Waals surface area contributed by atoms with Gasteiger partial charge in [-0.3, -0.25) is 9.59 Å². The standard InChI is InChI=1S/C34H44O6/c1-6-10-31(35)39-25-29-17-18-30(21-34(29,4)5)38-23-28-15-13-27(14-16-28)22-37-20-19-33(2,3)32(36)40-24-26-11-8-7-9-12-26/h7-9,11-18,21,29H,6,10,19-20,22-25H2,1-5H3. The fraction of sp³-hybridized carbons (Fsp3) is 0.471. The van der Waals surface area contributed by atoms with Crippen molar-refractivity contribution in [2.24, 2.45) is 16.7 Å². The van der Waals surface area contributed by atoms with Crippen molar-refractivity contribution in [3.05, 3.63) is 95.3 Å². The van der Waals surface area contributed by atoms with Gasteiger partial charge in [0.25, 0.3) is 0 Å². The third-order valence-corrected chi connectivity index (χ3v) is 7.17. The molecule has 0 aromatic heterocycles. The van der Waals surface area contributed by atoms with Gasteiger partial charge in [0.1, 0.15) is 19.0 Å². The van der Waals surface area contributed by atoms with Crippen molar-refractivity contribution >= 4 is 11.9 Å². The van der Waals surface area contributed by atoms with Crippen molar-refractivity contribution in [2.45, 2.75) is 73.7 Å². The lowest BCUT2D eigenvalue weighted by Crippen LogP contribution is -2.28. The van der Waals surface area contributed by atoms with Gasteiger partial charge in [0, 0.05) is 18.9 Å². The smallest absolute Gasteiger partial charge is 0.311 e. The molecule has 6 heteroatoms. The van der Waals surface area contributed by atoms with E-state index in [2.05, 4.69) is 26.0 Å². The normalized spacial score (nSPS) is 16.2. The quantitative estimate of drug-likeness (QED) is 0.172. The molecule has 1 atom stereocenters. The highest BCUT2D eigenvalue weighted by Gasteiger charge is 2.30. The zero-order chi connectivity index (χ0) is 29.0. The number of benzene rings is 2. The minimum Gasteiger partial charge on any atom is -0.489 e. The number of ether oxygens (including phenoxy) is 4. The van der Waals surface area contributed by atoms with Gasteiger partial charge in [0.2, 0.25) is 0 Å². The Kier molecular flexibility index (Phi) is 11.6. The Bertz CT molecular complexity index is 1140. The third kappa shape index (κ3) is 9.98. The van der Waals surface area contributed by atoms with Crippen LogP contribution in [0.15, 0.2) is 78.6 Å². The van der Waals surface area contributed by atoms with E-state index in [0.29, 0.717) is 39.3 Å². The number of allylic oxidation sites excluding steroid dienone is 2. The third-order valence-electron chi connectivity index (χ3n) is 7.17. The second-order valence-electron chi connectivity index (χ2n) is 11.6. The molecule has 40 heavy (non-hydrogen) atoms. The highest BCUT2D eigenvalue weighted by atomic mass is 16.5. The number of esters is 2. The van der Waals surface area contributed by atoms with Crippen LogP contribution in [0.5, 0.6) is 0 Å². The van der Waals surface area contributed by atoms with Gasteiger partial charge in [-0.2, -0.15) is 0 Å². The second-order valence-corrected chi connectivity index (χ2v) is 11.6. The molecule has 216 valence electrons. The average Bonchev–Trinajstić information content (AvgIpc) is 2.93. The summed E-state index contributed by atoms with van der Waals surface area (Å²) in [7, 11) is 0. The van der Waals surface area contributed by atoms with Crippen LogP contribution in [0.3, 0.4) is 0 Å². The van der Waals surface area contributed by atoms with Crippen molar-refractivity contribution in [3.8, 4) is 0 Å². The second kappa shape index (κ2) is 14.8. The van der Waals surface area contributed by atoms with E-state index in [1.165, 1.54) is 0 Å². The molecule has 2 aromatic carbocycles. The lowest BCUT2D eigenvalue weighted by molar-refractivity contribution is -0.156. The zero-order valence-electron chi connectivity index (χ0n) is 24.6. The van der Waals surface area contributed by atoms with Crippen LogP contribution in [-0.4, -0.2) is 25.2 Å². The Morgan fingerprint density at radius 3 is 2.17 bits per heavy atom. The number of rotatable bonds is 15. The number of hydrogen-bond acceptors (Lipinski definition) is 6. The Morgan fingerprint density at radius 1 is 0.875 bits per heavy atom. The molecule has 1 aliphatic carbocycles. The van der Waals surface area contributed by atoms with E-state index in [9.17, 15) is 9.59 Å². The van der Waals surface area contributed by atoms with E-state index in [1.54, 1.807) is 0 Å². The van der Waals surface area contributed by atoms with E-state index < -0.39 is 5.41 Å². The predicted octanol–water partition coefficient (Wildman–Crippen LogP) is 7.32. The van der Waals surface area contributed by atoms with Crippen LogP contribution in [-0.2, 0) is 48.4 Å². The average molecular weight is 549 g/mol. The summed E-state index contributed by atoms with van der Waals surface area (Å²) in [5, 5.41) is 0. The van der Waals surface area contributed by atoms with Crippen LogP contribution < -0.4 is 0 Å². The minimum absolute atomic E-state index is 0.116. The van der Waals surface area contributed by atoms with Gasteiger partial charge in [0.15, 0.2) is 0 Å². The molecule has 0 radical (unpaired) electrons. The molecular formula is C34H44O6. The summed E-state index contributed by atoms with van der Waals surface area (Å²) in [6, 6.07) is 17.8. The van der Waals surface area contributed by atoms with Crippen LogP contribution in [0.2, 0.25) is 0 Å². The van der Waals surface area contributed by atoms with Crippen molar-refractivity contribution in [2.75, 3.05) is 13.2 Å². The SMILES string of the molecule is CCCC(=O)OCC1C=CC(OCc2ccc(COCCC(C)(C)C(=O)OCc3ccccc3)cc2)=CC1(C)C. The molecule has 1 aliphatic rings. The molecule has 3 rings (SSSR count). The molecular weight excluding hydrogens is 504 g/mol. The Labute approximate surface area is 239 Å². The summed E-state index contributed by atoms with van der Waals surface area (Å²) in [6.07, 6.45) is 7.96. The minimum atomic E-state index is -0.619. The molecule has 0 N–H and O–H groups in total. The van der Waals surface area contributed by atoms with Crippen LogP contribution in [0, 0.1) is 16.7 Å². The van der Waals surface area contributed by atoms with Gasteiger partial charge in [-0.15, -0.1) is 0 Å². The molecule has 0 spiro atoms. The maximum absolute atomic E-state index is 12.5. The van der Waals surface area contributed by atoms with Crippen LogP contribution in [0.1, 0.15) is 70.6 Å². The molecule has 0 bridgehead atoms. The number of carbonyl (C=O) groups is 2. The van der Waals surface area contributed by atoms with Crippen molar-refractivity contribution < 1.29 is 28.5 Å². The fourth-order valence-corrected chi connectivity index (χ4v) is 4.24. The van der Waals surface area contributed by atoms with Gasteiger partial charge in [0.05, 0.1) is 18.6 Å². The zero-order valence-corrected chi connectivity index (χ0v) is 24.6. The molecule has 1 unspecified atom stereocenters. The molecule has 6 nitrogen and oxygen atoms in total. The first-order chi connectivity index (χ1) is 19.1. The Morgan fingerprint density at radius 2 is 1.52 bits per heavy atom. The molecule has 0 aliphatic heterocycles. The highest BCUT2D eigenvalue weighted by Crippen LogP contribution is 2.35. The van der Waals surface area contributed by atoms with E-state index in [1.807, 2.05) is 81.4 Å². The van der Waals surface area contributed by atoms with Gasteiger partial charge in [-0.05, 0) is 60.9 Å². The summed E-state index contributed by atoms with van der Waals surface area (Å²) in [5.74, 6) is 0.570. The molecule has 0 saturated heterocycles. The highest BCUT2D eigenvalue weighted by molar-refractivity contribution is 5.75. The van der Waals surface area contributed by atoms with Crippen LogP contribution >= 0.6 is 0 Å². The largest absolute Gasteiger partial charge is 0.489 e. The lowest BCUT2D eigenvalue weighted by Gasteiger charge is -2.32. The van der Waals surface area contributed by atoms with E-state index in [4.69, 9.17) is 18.9 Å². The molecule has 0 saturated carbocycles. The summed E-state index contributed by atoms with van der Waals surface area (Å²) in [5.41, 5.74) is 2.31. The van der Waals surface area contributed by atoms with Crippen molar-refractivity contribution in [1.29, 1.82) is 0 Å². The van der Waals surface area contributed by atoms with Crippen LogP contribution in [0.4, 0.5) is 0 Å². The molecule has 0 amide bonds. The van der Waals surface area contributed by atoms with E-state index >= 15 is 0 Å². The molecule has 2 aromatic rings. The maximum atomic E-state index is 12.5. The first-order valence-corrected chi connectivity index (χ1v) is 14.2. The summed E-state index contributed by atoms with van der Waals surface area (Å²) >= 11 is 0. The summed E-state index contributed by atoms with van der Waals surface area (Å²) < 4.78 is 22.8. The topological polar surface area (TPSA) is 71.1 Å². The van der Waals surface area contributed by atoms with Gasteiger partial charge >= 0.3 is 11.9 Å². The Balaban J connectivity index is 1.37. The van der Waals surface area contributed by atoms with E-state index in [0.717, 1.165) is 28.9 Å². The number of carbonyl (C=O) groups excluding carboxylic acids is 2. The van der Waals surface area contributed by atoms with Gasteiger partial charge in [-0.25, -0.2) is 0 Å². The first kappa shape index (κ1) is 31.2. The number of hydrogen-bond donors (Lipinski definition) is 0. The predicted molar refractivity (Wildman–Crippen MR) is 156 cm³/mol. The molecule has 0 heterocycles. The first-order valence-electron chi connectivity index (χ1n) is 14.2. The monoisotopic (exact) mass is 548 g/mol. The summed E-state index contributed by atoms with van der Waals surface area (Å²) in [6.45, 7) is 12.1.